The molecule has 0 radical (unpaired) electrons. The lowest BCUT2D eigenvalue weighted by Gasteiger charge is -2.22. The molecule has 1 aliphatic heterocycles. The van der Waals surface area contributed by atoms with Crippen LogP contribution >= 0.6 is 0 Å². The van der Waals surface area contributed by atoms with Crippen molar-refractivity contribution in [2.75, 3.05) is 13.6 Å². The molecule has 0 aromatic rings. The van der Waals surface area contributed by atoms with Crippen LogP contribution in [0.3, 0.4) is 0 Å². The Morgan fingerprint density at radius 3 is 2.27 bits per heavy atom. The summed E-state index contributed by atoms with van der Waals surface area (Å²) in [7, 11) is 1.77. The van der Waals surface area contributed by atoms with Gasteiger partial charge in [-0.2, -0.15) is 0 Å². The SMILES string of the molecule is CCC1(CC)CN(C)C(=O)O1. The van der Waals surface area contributed by atoms with E-state index in [-0.39, 0.29) is 11.7 Å². The molecule has 1 fully saturated rings. The van der Waals surface area contributed by atoms with Gasteiger partial charge in [-0.05, 0) is 12.8 Å². The Morgan fingerprint density at radius 2 is 2.09 bits per heavy atom. The van der Waals surface area contributed by atoms with Gasteiger partial charge in [0.05, 0.1) is 6.54 Å². The quantitative estimate of drug-likeness (QED) is 0.609. The summed E-state index contributed by atoms with van der Waals surface area (Å²) in [6.07, 6.45) is 1.62. The van der Waals surface area contributed by atoms with Gasteiger partial charge >= 0.3 is 6.09 Å². The largest absolute Gasteiger partial charge is 0.441 e. The van der Waals surface area contributed by atoms with Crippen LogP contribution in [0.2, 0.25) is 0 Å². The molecular formula is C8H15NO2. The molecular weight excluding hydrogens is 142 g/mol. The maximum absolute atomic E-state index is 11.0. The third kappa shape index (κ3) is 1.32. The standard InChI is InChI=1S/C8H15NO2/c1-4-8(5-2)6-9(3)7(10)11-8/h4-6H2,1-3H3. The highest BCUT2D eigenvalue weighted by Crippen LogP contribution is 2.27. The molecule has 0 aromatic carbocycles. The van der Waals surface area contributed by atoms with Crippen LogP contribution in [0.25, 0.3) is 0 Å². The van der Waals surface area contributed by atoms with Gasteiger partial charge in [-0.15, -0.1) is 0 Å². The minimum Gasteiger partial charge on any atom is -0.441 e. The predicted octanol–water partition coefficient (Wildman–Crippen LogP) is 1.63. The van der Waals surface area contributed by atoms with Gasteiger partial charge in [-0.1, -0.05) is 13.8 Å². The fourth-order valence-electron chi connectivity index (χ4n) is 1.41. The Hall–Kier alpha value is -0.730. The third-order valence-electron chi connectivity index (χ3n) is 2.43. The zero-order chi connectivity index (χ0) is 8.48. The van der Waals surface area contributed by atoms with E-state index in [0.717, 1.165) is 19.4 Å². The molecule has 3 heteroatoms. The van der Waals surface area contributed by atoms with Crippen LogP contribution in [0, 0.1) is 0 Å². The number of nitrogens with zero attached hydrogens (tertiary/aromatic N) is 1. The van der Waals surface area contributed by atoms with Gasteiger partial charge in [0.15, 0.2) is 0 Å². The maximum atomic E-state index is 11.0. The van der Waals surface area contributed by atoms with Crippen LogP contribution < -0.4 is 0 Å². The Labute approximate surface area is 67.3 Å². The molecule has 1 amide bonds. The topological polar surface area (TPSA) is 29.5 Å². The Morgan fingerprint density at radius 1 is 1.55 bits per heavy atom. The van der Waals surface area contributed by atoms with E-state index in [1.807, 2.05) is 0 Å². The molecule has 0 aromatic heterocycles. The van der Waals surface area contributed by atoms with Crippen LogP contribution in [0.4, 0.5) is 4.79 Å². The van der Waals surface area contributed by atoms with Gasteiger partial charge in [0.2, 0.25) is 0 Å². The van der Waals surface area contributed by atoms with E-state index < -0.39 is 0 Å². The molecule has 0 spiro atoms. The molecule has 0 bridgehead atoms. The molecule has 0 saturated carbocycles. The molecule has 1 rings (SSSR count). The van der Waals surface area contributed by atoms with Gasteiger partial charge in [0.1, 0.15) is 5.60 Å². The minimum atomic E-state index is -0.203. The summed E-state index contributed by atoms with van der Waals surface area (Å²) >= 11 is 0. The number of amides is 1. The number of hydrogen-bond acceptors (Lipinski definition) is 2. The molecule has 11 heavy (non-hydrogen) atoms. The molecule has 1 aliphatic rings. The molecule has 1 saturated heterocycles. The van der Waals surface area contributed by atoms with Crippen LogP contribution in [0.1, 0.15) is 26.7 Å². The van der Waals surface area contributed by atoms with Crippen molar-refractivity contribution < 1.29 is 9.53 Å². The van der Waals surface area contributed by atoms with Crippen molar-refractivity contribution in [2.24, 2.45) is 0 Å². The number of carbonyl (C=O) groups is 1. The first kappa shape index (κ1) is 8.37. The molecule has 0 aliphatic carbocycles. The highest BCUT2D eigenvalue weighted by molar-refractivity contribution is 5.70. The Kier molecular flexibility index (Phi) is 2.07. The molecule has 0 N–H and O–H groups in total. The molecule has 64 valence electrons. The zero-order valence-corrected chi connectivity index (χ0v) is 7.39. The maximum Gasteiger partial charge on any atom is 0.410 e. The number of rotatable bonds is 2. The number of cyclic esters (lactones) is 1. The third-order valence-corrected chi connectivity index (χ3v) is 2.43. The molecule has 0 unspecified atom stereocenters. The van der Waals surface area contributed by atoms with E-state index in [4.69, 9.17) is 4.74 Å². The summed E-state index contributed by atoms with van der Waals surface area (Å²) in [6, 6.07) is 0. The van der Waals surface area contributed by atoms with Crippen LogP contribution in [0.5, 0.6) is 0 Å². The van der Waals surface area contributed by atoms with E-state index in [1.165, 1.54) is 0 Å². The monoisotopic (exact) mass is 157 g/mol. The summed E-state index contributed by atoms with van der Waals surface area (Å²) < 4.78 is 5.25. The summed E-state index contributed by atoms with van der Waals surface area (Å²) in [5.74, 6) is 0. The van der Waals surface area contributed by atoms with Gasteiger partial charge in [-0.25, -0.2) is 4.79 Å². The van der Waals surface area contributed by atoms with E-state index in [2.05, 4.69) is 13.8 Å². The fourth-order valence-corrected chi connectivity index (χ4v) is 1.41. The van der Waals surface area contributed by atoms with E-state index in [0.29, 0.717) is 0 Å². The number of ether oxygens (including phenoxy) is 1. The van der Waals surface area contributed by atoms with Gasteiger partial charge < -0.3 is 9.64 Å². The Bertz CT molecular complexity index is 163. The fraction of sp³-hybridized carbons (Fsp3) is 0.875. The Balaban J connectivity index is 2.68. The summed E-state index contributed by atoms with van der Waals surface area (Å²) in [5.41, 5.74) is -0.203. The first-order valence-corrected chi connectivity index (χ1v) is 4.07. The van der Waals surface area contributed by atoms with Crippen molar-refractivity contribution in [3.8, 4) is 0 Å². The van der Waals surface area contributed by atoms with Crippen LogP contribution in [-0.2, 0) is 4.74 Å². The zero-order valence-electron chi connectivity index (χ0n) is 7.39. The highest BCUT2D eigenvalue weighted by atomic mass is 16.6. The average Bonchev–Trinajstić information content (AvgIpc) is 2.29. The van der Waals surface area contributed by atoms with Crippen molar-refractivity contribution in [1.29, 1.82) is 0 Å². The van der Waals surface area contributed by atoms with Crippen molar-refractivity contribution >= 4 is 6.09 Å². The van der Waals surface area contributed by atoms with Gasteiger partial charge in [0.25, 0.3) is 0 Å². The summed E-state index contributed by atoms with van der Waals surface area (Å²) in [6.45, 7) is 4.84. The first-order chi connectivity index (χ1) is 5.13. The van der Waals surface area contributed by atoms with E-state index >= 15 is 0 Å². The van der Waals surface area contributed by atoms with E-state index in [9.17, 15) is 4.79 Å². The van der Waals surface area contributed by atoms with Crippen molar-refractivity contribution in [2.45, 2.75) is 32.3 Å². The highest BCUT2D eigenvalue weighted by Gasteiger charge is 2.40. The lowest BCUT2D eigenvalue weighted by molar-refractivity contribution is 0.0504. The number of hydrogen-bond donors (Lipinski definition) is 0. The first-order valence-electron chi connectivity index (χ1n) is 4.07. The minimum absolute atomic E-state index is 0.186. The molecule has 0 atom stereocenters. The molecule has 1 heterocycles. The van der Waals surface area contributed by atoms with Gasteiger partial charge in [-0.3, -0.25) is 0 Å². The smallest absolute Gasteiger partial charge is 0.410 e. The van der Waals surface area contributed by atoms with Crippen LogP contribution in [0.15, 0.2) is 0 Å². The lowest BCUT2D eigenvalue weighted by Crippen LogP contribution is -2.31. The van der Waals surface area contributed by atoms with Gasteiger partial charge in [0, 0.05) is 7.05 Å². The lowest BCUT2D eigenvalue weighted by atomic mass is 9.98. The van der Waals surface area contributed by atoms with Crippen molar-refractivity contribution in [3.05, 3.63) is 0 Å². The average molecular weight is 157 g/mol. The second kappa shape index (κ2) is 2.72. The van der Waals surface area contributed by atoms with Crippen molar-refractivity contribution in [1.82, 2.24) is 4.90 Å². The van der Waals surface area contributed by atoms with Crippen LogP contribution in [-0.4, -0.2) is 30.2 Å². The second-order valence-corrected chi connectivity index (χ2v) is 3.11. The number of carbonyl (C=O) groups excluding carboxylic acids is 1. The summed E-state index contributed by atoms with van der Waals surface area (Å²) in [5, 5.41) is 0. The molecule has 3 nitrogen and oxygen atoms in total. The number of likely N-dealkylation sites (N-methyl/N-ethyl adjacent to an activating group) is 1. The predicted molar refractivity (Wildman–Crippen MR) is 42.4 cm³/mol. The summed E-state index contributed by atoms with van der Waals surface area (Å²) in [4.78, 5) is 12.6. The second-order valence-electron chi connectivity index (χ2n) is 3.11. The normalized spacial score (nSPS) is 22.1. The van der Waals surface area contributed by atoms with E-state index in [1.54, 1.807) is 11.9 Å². The van der Waals surface area contributed by atoms with Crippen molar-refractivity contribution in [3.63, 3.8) is 0 Å².